The monoisotopic (exact) mass is 347 g/mol. The molecule has 0 spiro atoms. The molecule has 4 rings (SSSR count). The number of rotatable bonds is 3. The van der Waals surface area contributed by atoms with Crippen LogP contribution in [0.5, 0.6) is 5.88 Å². The van der Waals surface area contributed by atoms with Gasteiger partial charge >= 0.3 is 0 Å². The molecule has 0 saturated carbocycles. The van der Waals surface area contributed by atoms with Crippen LogP contribution in [0.4, 0.5) is 0 Å². The van der Waals surface area contributed by atoms with E-state index in [0.717, 1.165) is 41.4 Å². The number of carbonyl (C=O) groups excluding carboxylic acids is 1. The number of aromatic nitrogens is 2. The van der Waals surface area contributed by atoms with Gasteiger partial charge in [0.25, 0.3) is 5.91 Å². The van der Waals surface area contributed by atoms with Gasteiger partial charge in [-0.2, -0.15) is 5.10 Å². The summed E-state index contributed by atoms with van der Waals surface area (Å²) in [5.41, 5.74) is 1.60. The smallest absolute Gasteiger partial charge is 0.254 e. The lowest BCUT2D eigenvalue weighted by molar-refractivity contribution is 0.0527. The number of carbonyl (C=O) groups is 1. The molecule has 2 heterocycles. The normalized spacial score (nSPS) is 17.3. The Hall–Kier alpha value is -2.95. The minimum absolute atomic E-state index is 0.0558. The van der Waals surface area contributed by atoms with Crippen molar-refractivity contribution >= 4 is 16.7 Å². The van der Waals surface area contributed by atoms with E-state index in [4.69, 9.17) is 4.74 Å². The van der Waals surface area contributed by atoms with Crippen LogP contribution in [0.3, 0.4) is 0 Å². The van der Waals surface area contributed by atoms with E-state index in [0.29, 0.717) is 12.4 Å². The first-order valence-corrected chi connectivity index (χ1v) is 8.95. The summed E-state index contributed by atoms with van der Waals surface area (Å²) in [7, 11) is 0. The van der Waals surface area contributed by atoms with E-state index in [1.54, 1.807) is 0 Å². The Morgan fingerprint density at radius 3 is 2.77 bits per heavy atom. The van der Waals surface area contributed by atoms with Gasteiger partial charge in [0, 0.05) is 18.2 Å². The van der Waals surface area contributed by atoms with Crippen LogP contribution in [0.15, 0.2) is 54.6 Å². The Bertz CT molecular complexity index is 919. The number of nitrogens with zero attached hydrogens (tertiary/aromatic N) is 3. The summed E-state index contributed by atoms with van der Waals surface area (Å²) in [4.78, 5) is 15.0. The lowest BCUT2D eigenvalue weighted by Gasteiger charge is -2.32. The first kappa shape index (κ1) is 16.5. The van der Waals surface area contributed by atoms with Crippen LogP contribution >= 0.6 is 0 Å². The van der Waals surface area contributed by atoms with Gasteiger partial charge in [-0.15, -0.1) is 5.10 Å². The average Bonchev–Trinajstić information content (AvgIpc) is 2.69. The third-order valence-electron chi connectivity index (χ3n) is 4.75. The van der Waals surface area contributed by atoms with Crippen molar-refractivity contribution in [3.63, 3.8) is 0 Å². The van der Waals surface area contributed by atoms with Crippen molar-refractivity contribution in [3.8, 4) is 5.88 Å². The van der Waals surface area contributed by atoms with E-state index in [-0.39, 0.29) is 12.0 Å². The molecule has 3 aromatic rings. The predicted octanol–water partition coefficient (Wildman–Crippen LogP) is 3.62. The van der Waals surface area contributed by atoms with Crippen molar-refractivity contribution in [1.29, 1.82) is 0 Å². The third-order valence-corrected chi connectivity index (χ3v) is 4.75. The molecular formula is C21H21N3O2. The number of fused-ring (bicyclic) bond motifs is 1. The molecule has 26 heavy (non-hydrogen) atoms. The fourth-order valence-corrected chi connectivity index (χ4v) is 3.42. The first-order valence-electron chi connectivity index (χ1n) is 8.95. The second-order valence-corrected chi connectivity index (χ2v) is 6.67. The van der Waals surface area contributed by atoms with Gasteiger partial charge in [0.15, 0.2) is 0 Å². The van der Waals surface area contributed by atoms with Crippen LogP contribution in [-0.2, 0) is 0 Å². The van der Waals surface area contributed by atoms with Gasteiger partial charge in [-0.05, 0) is 42.7 Å². The summed E-state index contributed by atoms with van der Waals surface area (Å²) in [6, 6.07) is 17.6. The minimum Gasteiger partial charge on any atom is -0.471 e. The number of aryl methyl sites for hydroxylation is 1. The molecule has 1 aliphatic rings. The van der Waals surface area contributed by atoms with Crippen LogP contribution in [0.2, 0.25) is 0 Å². The number of piperidine rings is 1. The van der Waals surface area contributed by atoms with Crippen molar-refractivity contribution in [1.82, 2.24) is 15.1 Å². The predicted molar refractivity (Wildman–Crippen MR) is 100 cm³/mol. The Morgan fingerprint density at radius 2 is 1.92 bits per heavy atom. The first-order chi connectivity index (χ1) is 12.7. The molecule has 1 aliphatic heterocycles. The largest absolute Gasteiger partial charge is 0.471 e. The highest BCUT2D eigenvalue weighted by atomic mass is 16.5. The lowest BCUT2D eigenvalue weighted by atomic mass is 10.0. The van der Waals surface area contributed by atoms with Gasteiger partial charge in [0.2, 0.25) is 5.88 Å². The summed E-state index contributed by atoms with van der Waals surface area (Å²) >= 11 is 0. The SMILES string of the molecule is Cc1ccc(OC2CCCN(C(=O)c3cccc4ccccc34)C2)nn1. The maximum Gasteiger partial charge on any atom is 0.254 e. The Balaban J connectivity index is 1.51. The van der Waals surface area contributed by atoms with Crippen LogP contribution in [0.25, 0.3) is 10.8 Å². The molecule has 0 radical (unpaired) electrons. The summed E-state index contributed by atoms with van der Waals surface area (Å²) in [5, 5.41) is 10.2. The van der Waals surface area contributed by atoms with Gasteiger partial charge in [-0.25, -0.2) is 0 Å². The number of likely N-dealkylation sites (tertiary alicyclic amines) is 1. The fourth-order valence-electron chi connectivity index (χ4n) is 3.42. The Morgan fingerprint density at radius 1 is 1.08 bits per heavy atom. The van der Waals surface area contributed by atoms with E-state index in [1.807, 2.05) is 66.4 Å². The lowest BCUT2D eigenvalue weighted by Crippen LogP contribution is -2.44. The van der Waals surface area contributed by atoms with E-state index in [2.05, 4.69) is 10.2 Å². The minimum atomic E-state index is -0.0558. The maximum atomic E-state index is 13.1. The van der Waals surface area contributed by atoms with Crippen LogP contribution in [-0.4, -0.2) is 40.2 Å². The molecule has 1 fully saturated rings. The number of ether oxygens (including phenoxy) is 1. The van der Waals surface area contributed by atoms with Gasteiger partial charge < -0.3 is 9.64 Å². The van der Waals surface area contributed by atoms with Crippen molar-refractivity contribution in [2.75, 3.05) is 13.1 Å². The standard InChI is InChI=1S/C21H21N3O2/c1-15-11-12-20(23-22-15)26-17-8-5-13-24(14-17)21(25)19-10-4-7-16-6-2-3-9-18(16)19/h2-4,6-7,9-12,17H,5,8,13-14H2,1H3. The average molecular weight is 347 g/mol. The topological polar surface area (TPSA) is 55.3 Å². The highest BCUT2D eigenvalue weighted by molar-refractivity contribution is 6.07. The molecule has 1 unspecified atom stereocenters. The summed E-state index contributed by atoms with van der Waals surface area (Å²) < 4.78 is 5.95. The number of benzene rings is 2. The van der Waals surface area contributed by atoms with Crippen LogP contribution in [0.1, 0.15) is 28.9 Å². The number of amides is 1. The summed E-state index contributed by atoms with van der Waals surface area (Å²) in [6.45, 7) is 3.21. The van der Waals surface area contributed by atoms with Gasteiger partial charge in [-0.3, -0.25) is 4.79 Å². The summed E-state index contributed by atoms with van der Waals surface area (Å²) in [6.07, 6.45) is 1.77. The molecular weight excluding hydrogens is 326 g/mol. The highest BCUT2D eigenvalue weighted by Crippen LogP contribution is 2.23. The van der Waals surface area contributed by atoms with Gasteiger partial charge in [0.05, 0.1) is 12.2 Å². The van der Waals surface area contributed by atoms with Crippen molar-refractivity contribution < 1.29 is 9.53 Å². The third kappa shape index (κ3) is 3.38. The van der Waals surface area contributed by atoms with Crippen molar-refractivity contribution in [3.05, 3.63) is 65.9 Å². The quantitative estimate of drug-likeness (QED) is 0.726. The zero-order valence-corrected chi connectivity index (χ0v) is 14.8. The fraction of sp³-hybridized carbons (Fsp3) is 0.286. The van der Waals surface area contributed by atoms with Gasteiger partial charge in [0.1, 0.15) is 6.10 Å². The Kier molecular flexibility index (Phi) is 4.52. The molecule has 132 valence electrons. The molecule has 5 heteroatoms. The molecule has 1 amide bonds. The van der Waals surface area contributed by atoms with Crippen molar-refractivity contribution in [2.24, 2.45) is 0 Å². The zero-order valence-electron chi connectivity index (χ0n) is 14.8. The van der Waals surface area contributed by atoms with Crippen LogP contribution in [0, 0.1) is 6.92 Å². The molecule has 5 nitrogen and oxygen atoms in total. The molecule has 0 aliphatic carbocycles. The van der Waals surface area contributed by atoms with E-state index in [9.17, 15) is 4.79 Å². The van der Waals surface area contributed by atoms with E-state index < -0.39 is 0 Å². The molecule has 0 N–H and O–H groups in total. The maximum absolute atomic E-state index is 13.1. The second kappa shape index (κ2) is 7.12. The van der Waals surface area contributed by atoms with Crippen molar-refractivity contribution in [2.45, 2.75) is 25.9 Å². The summed E-state index contributed by atoms with van der Waals surface area (Å²) in [5.74, 6) is 0.574. The number of hydrogen-bond donors (Lipinski definition) is 0. The van der Waals surface area contributed by atoms with Crippen LogP contribution < -0.4 is 4.74 Å². The van der Waals surface area contributed by atoms with E-state index >= 15 is 0 Å². The highest BCUT2D eigenvalue weighted by Gasteiger charge is 2.26. The molecule has 2 aromatic carbocycles. The molecule has 1 aromatic heterocycles. The molecule has 1 atom stereocenters. The second-order valence-electron chi connectivity index (χ2n) is 6.67. The Labute approximate surface area is 152 Å². The zero-order chi connectivity index (χ0) is 17.9. The molecule has 0 bridgehead atoms. The number of hydrogen-bond acceptors (Lipinski definition) is 4. The molecule has 1 saturated heterocycles. The van der Waals surface area contributed by atoms with E-state index in [1.165, 1.54) is 0 Å². The van der Waals surface area contributed by atoms with Gasteiger partial charge in [-0.1, -0.05) is 36.4 Å².